The van der Waals surface area contributed by atoms with Gasteiger partial charge in [0.1, 0.15) is 0 Å². The first-order valence-corrected chi connectivity index (χ1v) is 5.05. The molecule has 0 aromatic rings. The van der Waals surface area contributed by atoms with Gasteiger partial charge >= 0.3 is 0 Å². The summed E-state index contributed by atoms with van der Waals surface area (Å²) < 4.78 is 27.1. The van der Waals surface area contributed by atoms with Crippen LogP contribution in [0.1, 0.15) is 27.2 Å². The molecule has 1 atom stereocenters. The first-order chi connectivity index (χ1) is 6.21. The maximum absolute atomic E-state index is 13.5. The summed E-state index contributed by atoms with van der Waals surface area (Å²) in [5, 5.41) is 2.99. The number of hydrogen-bond acceptors (Lipinski definition) is 2. The largest absolute Gasteiger partial charge is 0.304 e. The molecule has 0 aliphatic carbocycles. The molecule has 0 amide bonds. The van der Waals surface area contributed by atoms with Crippen molar-refractivity contribution >= 4 is 0 Å². The summed E-state index contributed by atoms with van der Waals surface area (Å²) in [6.07, 6.45) is 0.515. The van der Waals surface area contributed by atoms with Gasteiger partial charge in [-0.15, -0.1) is 0 Å². The highest BCUT2D eigenvalue weighted by Crippen LogP contribution is 2.27. The van der Waals surface area contributed by atoms with Crippen molar-refractivity contribution in [3.8, 4) is 0 Å². The summed E-state index contributed by atoms with van der Waals surface area (Å²) in [6, 6.07) is -0.682. The SMILES string of the molecule is CN1CCC(NC(C)(C)C)C(F)(F)C1. The molecule has 14 heavy (non-hydrogen) atoms. The molecule has 0 bridgehead atoms. The molecular formula is C10H20F2N2. The Bertz CT molecular complexity index is 199. The molecule has 0 aromatic carbocycles. The lowest BCUT2D eigenvalue weighted by Crippen LogP contribution is -2.60. The molecule has 0 radical (unpaired) electrons. The highest BCUT2D eigenvalue weighted by molar-refractivity contribution is 4.93. The number of likely N-dealkylation sites (tertiary alicyclic amines) is 1. The van der Waals surface area contributed by atoms with E-state index in [0.717, 1.165) is 6.54 Å². The van der Waals surface area contributed by atoms with Gasteiger partial charge in [-0.25, -0.2) is 8.78 Å². The van der Waals surface area contributed by atoms with Gasteiger partial charge in [0.25, 0.3) is 5.92 Å². The van der Waals surface area contributed by atoms with Crippen LogP contribution >= 0.6 is 0 Å². The van der Waals surface area contributed by atoms with Crippen molar-refractivity contribution in [2.45, 2.75) is 44.7 Å². The molecule has 1 aliphatic heterocycles. The first-order valence-electron chi connectivity index (χ1n) is 5.05. The molecule has 4 heteroatoms. The van der Waals surface area contributed by atoms with Crippen LogP contribution < -0.4 is 5.32 Å². The van der Waals surface area contributed by atoms with Gasteiger partial charge < -0.3 is 10.2 Å². The van der Waals surface area contributed by atoms with Gasteiger partial charge in [-0.2, -0.15) is 0 Å². The molecule has 0 spiro atoms. The fourth-order valence-electron chi connectivity index (χ4n) is 1.81. The molecule has 1 heterocycles. The fraction of sp³-hybridized carbons (Fsp3) is 1.00. The minimum absolute atomic E-state index is 0.138. The maximum Gasteiger partial charge on any atom is 0.275 e. The Morgan fingerprint density at radius 3 is 2.36 bits per heavy atom. The van der Waals surface area contributed by atoms with Crippen molar-refractivity contribution in [2.24, 2.45) is 0 Å². The van der Waals surface area contributed by atoms with E-state index in [0.29, 0.717) is 6.42 Å². The second kappa shape index (κ2) is 3.74. The van der Waals surface area contributed by atoms with Gasteiger partial charge in [0.05, 0.1) is 12.6 Å². The first kappa shape index (κ1) is 11.9. The van der Waals surface area contributed by atoms with Crippen LogP contribution in [0.5, 0.6) is 0 Å². The van der Waals surface area contributed by atoms with E-state index < -0.39 is 12.0 Å². The van der Waals surface area contributed by atoms with Crippen molar-refractivity contribution in [1.29, 1.82) is 0 Å². The van der Waals surface area contributed by atoms with E-state index >= 15 is 0 Å². The van der Waals surface area contributed by atoms with Crippen molar-refractivity contribution in [1.82, 2.24) is 10.2 Å². The monoisotopic (exact) mass is 206 g/mol. The van der Waals surface area contributed by atoms with E-state index in [1.807, 2.05) is 20.8 Å². The number of alkyl halides is 2. The molecule has 1 rings (SSSR count). The lowest BCUT2D eigenvalue weighted by molar-refractivity contribution is -0.0899. The summed E-state index contributed by atoms with van der Waals surface area (Å²) in [5.74, 6) is -2.61. The van der Waals surface area contributed by atoms with Crippen molar-refractivity contribution in [3.63, 3.8) is 0 Å². The van der Waals surface area contributed by atoms with E-state index in [-0.39, 0.29) is 12.1 Å². The summed E-state index contributed by atoms with van der Waals surface area (Å²) in [5.41, 5.74) is -0.246. The van der Waals surface area contributed by atoms with Crippen LogP contribution in [0.2, 0.25) is 0 Å². The smallest absolute Gasteiger partial charge is 0.275 e. The van der Waals surface area contributed by atoms with Crippen molar-refractivity contribution in [3.05, 3.63) is 0 Å². The van der Waals surface area contributed by atoms with Crippen LogP contribution in [0.4, 0.5) is 8.78 Å². The van der Waals surface area contributed by atoms with E-state index in [4.69, 9.17) is 0 Å². The zero-order valence-electron chi connectivity index (χ0n) is 9.40. The second-order valence-corrected chi connectivity index (χ2v) is 5.23. The van der Waals surface area contributed by atoms with Crippen LogP contribution in [0.15, 0.2) is 0 Å². The third-order valence-corrected chi connectivity index (χ3v) is 2.40. The van der Waals surface area contributed by atoms with Gasteiger partial charge in [-0.05, 0) is 40.8 Å². The summed E-state index contributed by atoms with van der Waals surface area (Å²) in [6.45, 7) is 6.36. The predicted molar refractivity (Wildman–Crippen MR) is 53.7 cm³/mol. The third-order valence-electron chi connectivity index (χ3n) is 2.40. The Balaban J connectivity index is 2.61. The Hall–Kier alpha value is -0.220. The number of piperidine rings is 1. The Labute approximate surface area is 84.7 Å². The zero-order chi connectivity index (χ0) is 11.0. The van der Waals surface area contributed by atoms with Gasteiger partial charge in [0.15, 0.2) is 0 Å². The van der Waals surface area contributed by atoms with Crippen LogP contribution in [0, 0.1) is 0 Å². The topological polar surface area (TPSA) is 15.3 Å². The predicted octanol–water partition coefficient (Wildman–Crippen LogP) is 1.71. The van der Waals surface area contributed by atoms with E-state index in [2.05, 4.69) is 5.32 Å². The summed E-state index contributed by atoms with van der Waals surface area (Å²) in [4.78, 5) is 1.68. The van der Waals surface area contributed by atoms with Crippen LogP contribution in [-0.2, 0) is 0 Å². The van der Waals surface area contributed by atoms with E-state index in [1.54, 1.807) is 11.9 Å². The van der Waals surface area contributed by atoms with E-state index in [9.17, 15) is 8.78 Å². The summed E-state index contributed by atoms with van der Waals surface area (Å²) in [7, 11) is 1.74. The molecule has 2 nitrogen and oxygen atoms in total. The number of halogens is 2. The number of nitrogens with one attached hydrogen (secondary N) is 1. The number of rotatable bonds is 1. The number of nitrogens with zero attached hydrogens (tertiary/aromatic N) is 1. The maximum atomic E-state index is 13.5. The molecule has 0 aromatic heterocycles. The average Bonchev–Trinajstić information content (AvgIpc) is 1.91. The van der Waals surface area contributed by atoms with Gasteiger partial charge in [0, 0.05) is 5.54 Å². The minimum Gasteiger partial charge on any atom is -0.304 e. The normalized spacial score (nSPS) is 29.1. The van der Waals surface area contributed by atoms with E-state index in [1.165, 1.54) is 0 Å². The van der Waals surface area contributed by atoms with Crippen molar-refractivity contribution in [2.75, 3.05) is 20.1 Å². The molecule has 1 unspecified atom stereocenters. The molecule has 1 saturated heterocycles. The molecule has 1 N–H and O–H groups in total. The lowest BCUT2D eigenvalue weighted by atomic mass is 9.97. The molecule has 84 valence electrons. The molecule has 0 saturated carbocycles. The average molecular weight is 206 g/mol. The third kappa shape index (κ3) is 3.17. The van der Waals surface area contributed by atoms with Crippen LogP contribution in [0.3, 0.4) is 0 Å². The molecule has 1 aliphatic rings. The van der Waals surface area contributed by atoms with Gasteiger partial charge in [-0.3, -0.25) is 0 Å². The lowest BCUT2D eigenvalue weighted by Gasteiger charge is -2.40. The van der Waals surface area contributed by atoms with Crippen LogP contribution in [0.25, 0.3) is 0 Å². The minimum atomic E-state index is -2.61. The quantitative estimate of drug-likeness (QED) is 0.702. The Kier molecular flexibility index (Phi) is 3.17. The Morgan fingerprint density at radius 1 is 1.36 bits per heavy atom. The fourth-order valence-corrected chi connectivity index (χ4v) is 1.81. The molecule has 1 fully saturated rings. The van der Waals surface area contributed by atoms with Crippen LogP contribution in [-0.4, -0.2) is 42.5 Å². The highest BCUT2D eigenvalue weighted by atomic mass is 19.3. The zero-order valence-corrected chi connectivity index (χ0v) is 9.40. The summed E-state index contributed by atoms with van der Waals surface area (Å²) >= 11 is 0. The highest BCUT2D eigenvalue weighted by Gasteiger charge is 2.44. The second-order valence-electron chi connectivity index (χ2n) is 5.23. The standard InChI is InChI=1S/C10H20F2N2/c1-9(2,3)13-8-5-6-14(4)7-10(8,11)12/h8,13H,5-7H2,1-4H3. The van der Waals surface area contributed by atoms with Gasteiger partial charge in [-0.1, -0.05) is 0 Å². The Morgan fingerprint density at radius 2 is 1.93 bits per heavy atom. The number of hydrogen-bond donors (Lipinski definition) is 1. The van der Waals surface area contributed by atoms with Gasteiger partial charge in [0.2, 0.25) is 0 Å². The molecular weight excluding hydrogens is 186 g/mol. The van der Waals surface area contributed by atoms with Crippen molar-refractivity contribution < 1.29 is 8.78 Å².